The summed E-state index contributed by atoms with van der Waals surface area (Å²) in [5.41, 5.74) is -0.188. The molecule has 12 nitrogen and oxygen atoms in total. The Bertz CT molecular complexity index is 1280. The van der Waals surface area contributed by atoms with Crippen LogP contribution in [0.25, 0.3) is 0 Å². The van der Waals surface area contributed by atoms with Crippen molar-refractivity contribution in [1.29, 1.82) is 0 Å². The van der Waals surface area contributed by atoms with E-state index in [1.807, 2.05) is 0 Å². The molecule has 0 aliphatic rings. The lowest BCUT2D eigenvalue weighted by Gasteiger charge is -2.19. The van der Waals surface area contributed by atoms with Gasteiger partial charge in [-0.05, 0) is 24.3 Å². The van der Waals surface area contributed by atoms with Gasteiger partial charge in [-0.3, -0.25) is 4.79 Å². The van der Waals surface area contributed by atoms with E-state index in [4.69, 9.17) is 9.47 Å². The van der Waals surface area contributed by atoms with Crippen molar-refractivity contribution >= 4 is 36.0 Å². The van der Waals surface area contributed by atoms with E-state index in [0.29, 0.717) is 5.01 Å². The molecule has 198 valence electrons. The number of carbonyl (C=O) groups is 5. The third kappa shape index (κ3) is 7.88. The van der Waals surface area contributed by atoms with Crippen LogP contribution in [0.4, 0.5) is 0 Å². The summed E-state index contributed by atoms with van der Waals surface area (Å²) in [4.78, 5) is 61.6. The zero-order valence-electron chi connectivity index (χ0n) is 20.9. The van der Waals surface area contributed by atoms with E-state index < -0.39 is 41.2 Å². The van der Waals surface area contributed by atoms with E-state index in [1.165, 1.54) is 24.3 Å². The molecular formula is C26H24N2O10. The highest BCUT2D eigenvalue weighted by molar-refractivity contribution is 6.04. The fraction of sp³-hybridized carbons (Fsp3) is 0.154. The van der Waals surface area contributed by atoms with Crippen molar-refractivity contribution in [1.82, 2.24) is 5.01 Å². The van der Waals surface area contributed by atoms with Gasteiger partial charge in [0.1, 0.15) is 5.75 Å². The van der Waals surface area contributed by atoms with Crippen molar-refractivity contribution in [2.75, 3.05) is 28.4 Å². The first-order chi connectivity index (χ1) is 18.2. The molecular weight excluding hydrogens is 500 g/mol. The van der Waals surface area contributed by atoms with E-state index >= 15 is 0 Å². The van der Waals surface area contributed by atoms with Crippen LogP contribution in [0.15, 0.2) is 83.3 Å². The van der Waals surface area contributed by atoms with Gasteiger partial charge in [-0.1, -0.05) is 30.3 Å². The molecule has 2 aromatic rings. The summed E-state index contributed by atoms with van der Waals surface area (Å²) in [6.45, 7) is 0. The fourth-order valence-corrected chi connectivity index (χ4v) is 2.72. The molecule has 12 heteroatoms. The Labute approximate surface area is 217 Å². The second-order valence-corrected chi connectivity index (χ2v) is 6.94. The van der Waals surface area contributed by atoms with Crippen LogP contribution >= 0.6 is 0 Å². The molecule has 2 aromatic carbocycles. The molecule has 0 aliphatic heterocycles. The molecule has 0 saturated heterocycles. The number of benzene rings is 2. The number of amides is 1. The maximum Gasteiger partial charge on any atom is 0.374 e. The predicted molar refractivity (Wildman–Crippen MR) is 132 cm³/mol. The van der Waals surface area contributed by atoms with Gasteiger partial charge in [0.25, 0.3) is 5.91 Å². The van der Waals surface area contributed by atoms with Gasteiger partial charge in [0.2, 0.25) is 5.76 Å². The molecule has 0 bridgehead atoms. The molecule has 38 heavy (non-hydrogen) atoms. The lowest BCUT2D eigenvalue weighted by Crippen LogP contribution is -2.31. The number of nitrogens with zero attached hydrogens (tertiary/aromatic N) is 2. The fourth-order valence-electron chi connectivity index (χ4n) is 2.72. The highest BCUT2D eigenvalue weighted by Crippen LogP contribution is 2.21. The Morgan fingerprint density at radius 3 is 1.89 bits per heavy atom. The second-order valence-electron chi connectivity index (χ2n) is 6.94. The maximum absolute atomic E-state index is 13.3. The quantitative estimate of drug-likeness (QED) is 0.113. The van der Waals surface area contributed by atoms with Gasteiger partial charge in [0.05, 0.1) is 46.8 Å². The van der Waals surface area contributed by atoms with Gasteiger partial charge in [0.15, 0.2) is 5.70 Å². The first-order valence-electron chi connectivity index (χ1n) is 10.7. The summed E-state index contributed by atoms with van der Waals surface area (Å²) in [7, 11) is 4.37. The van der Waals surface area contributed by atoms with Crippen LogP contribution in [0.2, 0.25) is 0 Å². The average molecular weight is 524 g/mol. The van der Waals surface area contributed by atoms with Gasteiger partial charge in [0, 0.05) is 11.1 Å². The van der Waals surface area contributed by atoms with Crippen molar-refractivity contribution in [2.45, 2.75) is 0 Å². The lowest BCUT2D eigenvalue weighted by molar-refractivity contribution is -0.140. The van der Waals surface area contributed by atoms with E-state index in [-0.39, 0.29) is 16.9 Å². The van der Waals surface area contributed by atoms with Gasteiger partial charge >= 0.3 is 23.9 Å². The number of hydrogen-bond donors (Lipinski definition) is 0. The first kappa shape index (κ1) is 29.0. The summed E-state index contributed by atoms with van der Waals surface area (Å²) >= 11 is 0. The van der Waals surface area contributed by atoms with Crippen LogP contribution in [0, 0.1) is 0 Å². The van der Waals surface area contributed by atoms with Crippen LogP contribution in [0.1, 0.15) is 15.9 Å². The maximum atomic E-state index is 13.3. The third-order valence-corrected chi connectivity index (χ3v) is 4.58. The lowest BCUT2D eigenvalue weighted by atomic mass is 10.2. The smallest absolute Gasteiger partial charge is 0.374 e. The molecule has 1 amide bonds. The van der Waals surface area contributed by atoms with Crippen LogP contribution in [0.5, 0.6) is 5.75 Å². The van der Waals surface area contributed by atoms with Gasteiger partial charge in [-0.25, -0.2) is 19.2 Å². The zero-order chi connectivity index (χ0) is 28.1. The number of ether oxygens (including phenoxy) is 5. The predicted octanol–water partition coefficient (Wildman–Crippen LogP) is 2.00. The molecule has 0 radical (unpaired) electrons. The minimum Gasteiger partial charge on any atom is -0.466 e. The molecule has 0 aliphatic carbocycles. The average Bonchev–Trinajstić information content (AvgIpc) is 2.95. The van der Waals surface area contributed by atoms with Crippen LogP contribution < -0.4 is 4.74 Å². The summed E-state index contributed by atoms with van der Waals surface area (Å²) in [6, 6.07) is 14.0. The highest BCUT2D eigenvalue weighted by atomic mass is 16.6. The van der Waals surface area contributed by atoms with Gasteiger partial charge in [-0.2, -0.15) is 10.1 Å². The minimum absolute atomic E-state index is 0.0282. The van der Waals surface area contributed by atoms with Crippen molar-refractivity contribution < 1.29 is 47.7 Å². The summed E-state index contributed by atoms with van der Waals surface area (Å²) in [5, 5.41) is 4.76. The molecule has 0 saturated carbocycles. The second kappa shape index (κ2) is 14.3. The Balaban J connectivity index is 2.60. The van der Waals surface area contributed by atoms with Crippen LogP contribution in [-0.2, 0) is 38.1 Å². The van der Waals surface area contributed by atoms with Crippen molar-refractivity contribution in [3.05, 3.63) is 89.3 Å². The molecule has 0 fully saturated rings. The van der Waals surface area contributed by atoms with Crippen molar-refractivity contribution in [3.63, 3.8) is 0 Å². The van der Waals surface area contributed by atoms with Gasteiger partial charge in [-0.15, -0.1) is 0 Å². The summed E-state index contributed by atoms with van der Waals surface area (Å²) < 4.78 is 24.1. The Morgan fingerprint density at radius 2 is 1.29 bits per heavy atom. The number of hydrazone groups is 1. The largest absolute Gasteiger partial charge is 0.466 e. The Morgan fingerprint density at radius 1 is 0.711 bits per heavy atom. The van der Waals surface area contributed by atoms with E-state index in [2.05, 4.69) is 19.3 Å². The first-order valence-corrected chi connectivity index (χ1v) is 10.7. The third-order valence-electron chi connectivity index (χ3n) is 4.58. The normalized spacial score (nSPS) is 11.4. The highest BCUT2D eigenvalue weighted by Gasteiger charge is 2.27. The monoisotopic (exact) mass is 524 g/mol. The van der Waals surface area contributed by atoms with E-state index in [0.717, 1.165) is 46.8 Å². The zero-order valence-corrected chi connectivity index (χ0v) is 20.9. The molecule has 0 N–H and O–H groups in total. The van der Waals surface area contributed by atoms with Gasteiger partial charge < -0.3 is 23.7 Å². The standard InChI is InChI=1S/C26H24N2O10/c1-34-22(29)14-19(25(32)36-3)28(24(31)17-10-6-5-7-11-17)27-16-18-12-8-9-13-20(18)38-21(26(33)37-4)15-23(30)35-2/h5-16H,1-4H3/b19-14-,21-15-,27-16+. The summed E-state index contributed by atoms with van der Waals surface area (Å²) in [5.74, 6) is -5.05. The molecule has 0 unspecified atom stereocenters. The van der Waals surface area contributed by atoms with Crippen molar-refractivity contribution in [3.8, 4) is 5.75 Å². The minimum atomic E-state index is -1.05. The number of methoxy groups -OCH3 is 4. The number of para-hydroxylation sites is 1. The van der Waals surface area contributed by atoms with Crippen LogP contribution in [-0.4, -0.2) is 69.4 Å². The number of esters is 4. The van der Waals surface area contributed by atoms with E-state index in [9.17, 15) is 24.0 Å². The van der Waals surface area contributed by atoms with Crippen LogP contribution in [0.3, 0.4) is 0 Å². The summed E-state index contributed by atoms with van der Waals surface area (Å²) in [6.07, 6.45) is 2.68. The molecule has 0 spiro atoms. The number of hydrogen-bond acceptors (Lipinski definition) is 11. The molecule has 2 rings (SSSR count). The number of rotatable bonds is 10. The molecule has 0 aromatic heterocycles. The topological polar surface area (TPSA) is 147 Å². The Hall–Kier alpha value is -5.26. The molecule has 0 atom stereocenters. The van der Waals surface area contributed by atoms with Crippen molar-refractivity contribution in [2.24, 2.45) is 5.10 Å². The van der Waals surface area contributed by atoms with E-state index in [1.54, 1.807) is 30.3 Å². The number of carbonyl (C=O) groups excluding carboxylic acids is 5. The SMILES string of the molecule is COC(=O)/C=C(\Oc1ccccc1/C=N/N(C(=O)c1ccccc1)/C(=C\C(=O)OC)C(=O)OC)C(=O)OC. The molecule has 0 heterocycles. The Kier molecular flexibility index (Phi) is 10.9.